The number of carboxylic acids is 1. The van der Waals surface area contributed by atoms with Crippen LogP contribution in [0, 0.1) is 0 Å². The van der Waals surface area contributed by atoms with Gasteiger partial charge in [0.2, 0.25) is 23.6 Å². The van der Waals surface area contributed by atoms with E-state index < -0.39 is 60.7 Å². The van der Waals surface area contributed by atoms with Gasteiger partial charge in [-0.1, -0.05) is 42.5 Å². The lowest BCUT2D eigenvalue weighted by Crippen LogP contribution is -2.57. The number of nitrogens with one attached hydrogen (secondary N) is 3. The maximum atomic E-state index is 13.1. The third-order valence-corrected chi connectivity index (χ3v) is 5.10. The number of hydrogen-bond acceptors (Lipinski definition) is 7. The molecule has 2 rings (SSSR count). The summed E-state index contributed by atoms with van der Waals surface area (Å²) < 4.78 is 0. The van der Waals surface area contributed by atoms with Gasteiger partial charge in [-0.3, -0.25) is 24.0 Å². The molecule has 0 saturated carbocycles. The predicted molar refractivity (Wildman–Crippen MR) is 128 cm³/mol. The lowest BCUT2D eigenvalue weighted by molar-refractivity contribution is -0.138. The quantitative estimate of drug-likeness (QED) is 0.173. The normalized spacial score (nSPS) is 13.0. The number of phenols is 1. The number of hydrogen-bond donors (Lipinski definition) is 7. The third-order valence-electron chi connectivity index (χ3n) is 5.10. The van der Waals surface area contributed by atoms with Gasteiger partial charge in [0, 0.05) is 6.42 Å². The minimum atomic E-state index is -1.45. The van der Waals surface area contributed by atoms with Crippen LogP contribution < -0.4 is 27.4 Å². The number of rotatable bonds is 13. The lowest BCUT2D eigenvalue weighted by atomic mass is 10.0. The Morgan fingerprint density at radius 3 is 1.94 bits per heavy atom. The van der Waals surface area contributed by atoms with E-state index in [0.717, 1.165) is 0 Å². The molecule has 0 heterocycles. The number of carbonyl (C=O) groups is 5. The second-order valence-electron chi connectivity index (χ2n) is 8.07. The highest BCUT2D eigenvalue weighted by Gasteiger charge is 2.29. The van der Waals surface area contributed by atoms with Crippen molar-refractivity contribution in [3.05, 3.63) is 65.7 Å². The van der Waals surface area contributed by atoms with E-state index in [1.807, 2.05) is 0 Å². The van der Waals surface area contributed by atoms with Crippen LogP contribution in [0.25, 0.3) is 0 Å². The fourth-order valence-corrected chi connectivity index (χ4v) is 3.29. The molecular weight excluding hydrogens is 470 g/mol. The Balaban J connectivity index is 2.16. The highest BCUT2D eigenvalue weighted by atomic mass is 16.4. The summed E-state index contributed by atoms with van der Waals surface area (Å²) in [5.74, 6) is -4.50. The Morgan fingerprint density at radius 2 is 1.36 bits per heavy atom. The first kappa shape index (κ1) is 27.8. The Bertz CT molecular complexity index is 1080. The molecule has 0 aliphatic rings. The summed E-state index contributed by atoms with van der Waals surface area (Å²) in [6.45, 7) is -0.722. The van der Waals surface area contributed by atoms with Crippen LogP contribution in [0.1, 0.15) is 17.5 Å². The Hall–Kier alpha value is -4.45. The molecule has 2 aromatic rings. The fraction of sp³-hybridized carbons (Fsp3) is 0.292. The van der Waals surface area contributed by atoms with Crippen molar-refractivity contribution < 1.29 is 34.2 Å². The summed E-state index contributed by atoms with van der Waals surface area (Å²) in [5, 5.41) is 25.2. The number of primary amides is 1. The highest BCUT2D eigenvalue weighted by Crippen LogP contribution is 2.11. The molecular formula is C24H29N5O7. The molecule has 0 aliphatic heterocycles. The summed E-state index contributed by atoms with van der Waals surface area (Å²) >= 11 is 0. The van der Waals surface area contributed by atoms with Crippen molar-refractivity contribution in [2.45, 2.75) is 37.4 Å². The first-order chi connectivity index (χ1) is 17.0. The van der Waals surface area contributed by atoms with Crippen molar-refractivity contribution in [2.24, 2.45) is 11.5 Å². The summed E-state index contributed by atoms with van der Waals surface area (Å²) in [5.41, 5.74) is 12.6. The minimum absolute atomic E-state index is 0.0460. The van der Waals surface area contributed by atoms with Crippen LogP contribution >= 0.6 is 0 Å². The molecule has 0 spiro atoms. The molecule has 0 saturated heterocycles. The van der Waals surface area contributed by atoms with Gasteiger partial charge in [0.25, 0.3) is 0 Å². The largest absolute Gasteiger partial charge is 0.508 e. The highest BCUT2D eigenvalue weighted by molar-refractivity contribution is 5.95. The number of aromatic hydroxyl groups is 1. The Labute approximate surface area is 207 Å². The van der Waals surface area contributed by atoms with Gasteiger partial charge in [-0.2, -0.15) is 0 Å². The average Bonchev–Trinajstić information content (AvgIpc) is 2.83. The first-order valence-electron chi connectivity index (χ1n) is 11.0. The molecule has 3 atom stereocenters. The molecule has 12 nitrogen and oxygen atoms in total. The molecule has 0 aliphatic carbocycles. The second kappa shape index (κ2) is 13.4. The van der Waals surface area contributed by atoms with Crippen molar-refractivity contribution in [3.8, 4) is 5.75 Å². The summed E-state index contributed by atoms with van der Waals surface area (Å²) in [7, 11) is 0. The van der Waals surface area contributed by atoms with Crippen LogP contribution in [-0.2, 0) is 36.8 Å². The predicted octanol–water partition coefficient (Wildman–Crippen LogP) is -1.45. The molecule has 0 aromatic heterocycles. The molecule has 9 N–H and O–H groups in total. The van der Waals surface area contributed by atoms with Crippen LogP contribution in [-0.4, -0.2) is 64.5 Å². The van der Waals surface area contributed by atoms with Gasteiger partial charge in [-0.25, -0.2) is 0 Å². The van der Waals surface area contributed by atoms with Crippen molar-refractivity contribution >= 4 is 29.6 Å². The lowest BCUT2D eigenvalue weighted by Gasteiger charge is -2.24. The van der Waals surface area contributed by atoms with E-state index in [9.17, 15) is 29.1 Å². The number of amides is 4. The number of carbonyl (C=O) groups excluding carboxylic acids is 4. The zero-order valence-electron chi connectivity index (χ0n) is 19.3. The minimum Gasteiger partial charge on any atom is -0.508 e. The molecule has 192 valence electrons. The molecule has 0 radical (unpaired) electrons. The van der Waals surface area contributed by atoms with Gasteiger partial charge >= 0.3 is 5.97 Å². The SMILES string of the molecule is NC(=O)CC(NC(=O)C(Cc1ccccc1)NC(=O)C(N)Cc1ccc(O)cc1)C(=O)NCC(=O)O. The van der Waals surface area contributed by atoms with Gasteiger partial charge in [0.05, 0.1) is 12.5 Å². The number of phenolic OH excluding ortho intramolecular Hbond substituents is 1. The van der Waals surface area contributed by atoms with E-state index in [4.69, 9.17) is 16.6 Å². The van der Waals surface area contributed by atoms with E-state index >= 15 is 0 Å². The smallest absolute Gasteiger partial charge is 0.322 e. The second-order valence-corrected chi connectivity index (χ2v) is 8.07. The standard InChI is InChI=1S/C24H29N5O7/c25-17(10-15-6-8-16(30)9-7-15)22(34)28-18(11-14-4-2-1-3-5-14)24(36)29-19(12-20(26)31)23(35)27-13-21(32)33/h1-9,17-19,30H,10-13,25H2,(H2,26,31)(H,27,35)(H,28,34)(H,29,36)(H,32,33). The van der Waals surface area contributed by atoms with Gasteiger partial charge in [-0.15, -0.1) is 0 Å². The molecule has 0 bridgehead atoms. The molecule has 2 aromatic carbocycles. The zero-order valence-corrected chi connectivity index (χ0v) is 19.3. The Kier molecular flexibility index (Phi) is 10.4. The maximum Gasteiger partial charge on any atom is 0.322 e. The molecule has 0 fully saturated rings. The van der Waals surface area contributed by atoms with Crippen LogP contribution in [0.5, 0.6) is 5.75 Å². The summed E-state index contributed by atoms with van der Waals surface area (Å²) in [6.07, 6.45) is -0.401. The third kappa shape index (κ3) is 9.43. The van der Waals surface area contributed by atoms with E-state index in [2.05, 4.69) is 16.0 Å². The van der Waals surface area contributed by atoms with Gasteiger partial charge < -0.3 is 37.6 Å². The van der Waals surface area contributed by atoms with Gasteiger partial charge in [-0.05, 0) is 29.7 Å². The number of benzene rings is 2. The van der Waals surface area contributed by atoms with Crippen molar-refractivity contribution in [2.75, 3.05) is 6.54 Å². The summed E-state index contributed by atoms with van der Waals surface area (Å²) in [4.78, 5) is 60.4. The van der Waals surface area contributed by atoms with Crippen LogP contribution in [0.3, 0.4) is 0 Å². The van der Waals surface area contributed by atoms with Gasteiger partial charge in [0.1, 0.15) is 24.4 Å². The Morgan fingerprint density at radius 1 is 0.778 bits per heavy atom. The molecule has 12 heteroatoms. The maximum absolute atomic E-state index is 13.1. The van der Waals surface area contributed by atoms with Crippen molar-refractivity contribution in [1.82, 2.24) is 16.0 Å². The fourth-order valence-electron chi connectivity index (χ4n) is 3.29. The number of aliphatic carboxylic acids is 1. The van der Waals surface area contributed by atoms with E-state index in [1.54, 1.807) is 42.5 Å². The average molecular weight is 500 g/mol. The zero-order chi connectivity index (χ0) is 26.7. The first-order valence-corrected chi connectivity index (χ1v) is 11.0. The van der Waals surface area contributed by atoms with E-state index in [-0.39, 0.29) is 18.6 Å². The van der Waals surface area contributed by atoms with E-state index in [1.165, 1.54) is 12.1 Å². The van der Waals surface area contributed by atoms with Gasteiger partial charge in [0.15, 0.2) is 0 Å². The monoisotopic (exact) mass is 499 g/mol. The van der Waals surface area contributed by atoms with Crippen LogP contribution in [0.15, 0.2) is 54.6 Å². The topological polar surface area (TPSA) is 214 Å². The van der Waals surface area contributed by atoms with Crippen molar-refractivity contribution in [1.29, 1.82) is 0 Å². The van der Waals surface area contributed by atoms with Crippen LogP contribution in [0.2, 0.25) is 0 Å². The van der Waals surface area contributed by atoms with Crippen molar-refractivity contribution in [3.63, 3.8) is 0 Å². The molecule has 36 heavy (non-hydrogen) atoms. The molecule has 3 unspecified atom stereocenters. The summed E-state index contributed by atoms with van der Waals surface area (Å²) in [6, 6.07) is 11.2. The van der Waals surface area contributed by atoms with Crippen LogP contribution in [0.4, 0.5) is 0 Å². The number of carboxylic acid groups (broad SMARTS) is 1. The molecule has 4 amide bonds. The van der Waals surface area contributed by atoms with E-state index in [0.29, 0.717) is 11.1 Å². The number of nitrogens with two attached hydrogens (primary N) is 2.